The van der Waals surface area contributed by atoms with Crippen molar-refractivity contribution in [1.29, 1.82) is 5.26 Å². The van der Waals surface area contributed by atoms with Gasteiger partial charge in [0.1, 0.15) is 15.4 Å². The van der Waals surface area contributed by atoms with Crippen molar-refractivity contribution in [2.75, 3.05) is 7.05 Å². The molecule has 1 aromatic carbocycles. The molecule has 0 bridgehead atoms. The fraction of sp³-hybridized carbons (Fsp3) is 0.455. The second-order valence-corrected chi connectivity index (χ2v) is 8.45. The minimum atomic E-state index is -0.971. The van der Waals surface area contributed by atoms with Crippen LogP contribution in [-0.2, 0) is 9.53 Å². The Kier molecular flexibility index (Phi) is 6.33. The van der Waals surface area contributed by atoms with Crippen molar-refractivity contribution in [1.82, 2.24) is 9.88 Å². The molecule has 29 heavy (non-hydrogen) atoms. The lowest BCUT2D eigenvalue weighted by molar-refractivity contribution is -0.143. The van der Waals surface area contributed by atoms with E-state index in [4.69, 9.17) is 4.74 Å². The Morgan fingerprint density at radius 2 is 1.90 bits per heavy atom. The highest BCUT2D eigenvalue weighted by Crippen LogP contribution is 2.33. The highest BCUT2D eigenvalue weighted by Gasteiger charge is 2.41. The minimum absolute atomic E-state index is 0.354. The molecule has 1 aromatic heterocycles. The van der Waals surface area contributed by atoms with Crippen molar-refractivity contribution in [2.24, 2.45) is 0 Å². The molecule has 0 N–H and O–H groups in total. The maximum atomic E-state index is 12.9. The van der Waals surface area contributed by atoms with E-state index in [0.29, 0.717) is 23.4 Å². The average Bonchev–Trinajstić information content (AvgIpc) is 3.15. The molecule has 1 aliphatic rings. The van der Waals surface area contributed by atoms with Gasteiger partial charge < -0.3 is 9.64 Å². The summed E-state index contributed by atoms with van der Waals surface area (Å²) in [6.45, 7) is 3.31. The normalized spacial score (nSPS) is 16.5. The van der Waals surface area contributed by atoms with Gasteiger partial charge in [-0.2, -0.15) is 5.26 Å². The summed E-state index contributed by atoms with van der Waals surface area (Å²) in [5.41, 5.74) is 0.695. The van der Waals surface area contributed by atoms with Crippen LogP contribution in [0.4, 0.5) is 0 Å². The van der Waals surface area contributed by atoms with Gasteiger partial charge in [0, 0.05) is 12.6 Å². The maximum Gasteiger partial charge on any atom is 0.351 e. The third kappa shape index (κ3) is 4.33. The SMILES string of the molecule is Cc1nc(-c2ccccc2)sc1C(=O)O[C@@H](C)C(=O)N(C)C1(C#N)CCCCC1. The van der Waals surface area contributed by atoms with Gasteiger partial charge in [-0.05, 0) is 26.7 Å². The van der Waals surface area contributed by atoms with E-state index in [1.165, 1.54) is 16.2 Å². The fourth-order valence-corrected chi connectivity index (χ4v) is 4.65. The first-order valence-corrected chi connectivity index (χ1v) is 10.6. The van der Waals surface area contributed by atoms with Gasteiger partial charge in [-0.25, -0.2) is 9.78 Å². The van der Waals surface area contributed by atoms with Crippen molar-refractivity contribution in [2.45, 2.75) is 57.6 Å². The molecular formula is C22H25N3O3S. The highest BCUT2D eigenvalue weighted by atomic mass is 32.1. The lowest BCUT2D eigenvalue weighted by Gasteiger charge is -2.39. The Bertz CT molecular complexity index is 927. The van der Waals surface area contributed by atoms with Crippen LogP contribution < -0.4 is 0 Å². The van der Waals surface area contributed by atoms with Crippen LogP contribution in [0, 0.1) is 18.3 Å². The first kappa shape index (κ1) is 21.0. The van der Waals surface area contributed by atoms with Crippen LogP contribution in [0.2, 0.25) is 0 Å². The number of likely N-dealkylation sites (N-methyl/N-ethyl adjacent to an activating group) is 1. The standard InChI is InChI=1S/C22H25N3O3S/c1-15-18(29-19(24-15)17-10-6-4-7-11-17)21(27)28-16(2)20(26)25(3)22(14-23)12-8-5-9-13-22/h4,6-7,10-11,16H,5,8-9,12-13H2,1-3H3/t16-/m0/s1. The summed E-state index contributed by atoms with van der Waals surface area (Å²) >= 11 is 1.25. The van der Waals surface area contributed by atoms with Gasteiger partial charge in [0.15, 0.2) is 6.10 Å². The van der Waals surface area contributed by atoms with E-state index in [9.17, 15) is 14.9 Å². The lowest BCUT2D eigenvalue weighted by Crippen LogP contribution is -2.53. The molecule has 0 saturated heterocycles. The molecule has 0 unspecified atom stereocenters. The van der Waals surface area contributed by atoms with Crippen LogP contribution in [0.1, 0.15) is 54.4 Å². The van der Waals surface area contributed by atoms with E-state index >= 15 is 0 Å². The first-order valence-electron chi connectivity index (χ1n) is 9.81. The monoisotopic (exact) mass is 411 g/mol. The Morgan fingerprint density at radius 3 is 2.52 bits per heavy atom. The zero-order valence-corrected chi connectivity index (χ0v) is 17.8. The molecule has 1 aliphatic carbocycles. The summed E-state index contributed by atoms with van der Waals surface area (Å²) in [4.78, 5) is 31.9. The number of aryl methyl sites for hydroxylation is 1. The Balaban J connectivity index is 1.71. The van der Waals surface area contributed by atoms with Crippen LogP contribution in [0.3, 0.4) is 0 Å². The van der Waals surface area contributed by atoms with E-state index in [1.54, 1.807) is 20.9 Å². The molecule has 1 amide bonds. The van der Waals surface area contributed by atoms with E-state index < -0.39 is 17.6 Å². The van der Waals surface area contributed by atoms with Gasteiger partial charge in [-0.3, -0.25) is 4.79 Å². The molecule has 0 spiro atoms. The summed E-state index contributed by atoms with van der Waals surface area (Å²) in [6, 6.07) is 11.9. The van der Waals surface area contributed by atoms with Gasteiger partial charge in [0.25, 0.3) is 5.91 Å². The van der Waals surface area contributed by atoms with Crippen LogP contribution in [-0.4, -0.2) is 40.5 Å². The maximum absolute atomic E-state index is 12.9. The van der Waals surface area contributed by atoms with Crippen molar-refractivity contribution < 1.29 is 14.3 Å². The number of hydrogen-bond donors (Lipinski definition) is 0. The second-order valence-electron chi connectivity index (χ2n) is 7.45. The van der Waals surface area contributed by atoms with E-state index in [0.717, 1.165) is 29.8 Å². The van der Waals surface area contributed by atoms with Gasteiger partial charge in [-0.15, -0.1) is 11.3 Å². The topological polar surface area (TPSA) is 83.3 Å². The Hall–Kier alpha value is -2.72. The Morgan fingerprint density at radius 1 is 1.24 bits per heavy atom. The lowest BCUT2D eigenvalue weighted by atomic mass is 9.81. The van der Waals surface area contributed by atoms with Gasteiger partial charge in [0.2, 0.25) is 0 Å². The van der Waals surface area contributed by atoms with Gasteiger partial charge in [0.05, 0.1) is 11.8 Å². The van der Waals surface area contributed by atoms with Crippen LogP contribution in [0.5, 0.6) is 0 Å². The molecule has 7 heteroatoms. The summed E-state index contributed by atoms with van der Waals surface area (Å²) in [7, 11) is 1.63. The molecular weight excluding hydrogens is 386 g/mol. The number of ether oxygens (including phenoxy) is 1. The minimum Gasteiger partial charge on any atom is -0.448 e. The molecule has 152 valence electrons. The number of carbonyl (C=O) groups excluding carboxylic acids is 2. The van der Waals surface area contributed by atoms with Gasteiger partial charge >= 0.3 is 5.97 Å². The smallest absolute Gasteiger partial charge is 0.351 e. The van der Waals surface area contributed by atoms with Crippen LogP contribution >= 0.6 is 11.3 Å². The number of rotatable bonds is 5. The number of carbonyl (C=O) groups is 2. The predicted molar refractivity (Wildman–Crippen MR) is 111 cm³/mol. The number of esters is 1. The first-order chi connectivity index (χ1) is 13.9. The Labute approximate surface area is 175 Å². The number of benzene rings is 1. The molecule has 2 aromatic rings. The number of amides is 1. The third-order valence-electron chi connectivity index (χ3n) is 5.50. The zero-order chi connectivity index (χ0) is 21.0. The fourth-order valence-electron chi connectivity index (χ4n) is 3.70. The quantitative estimate of drug-likeness (QED) is 0.683. The molecule has 1 atom stereocenters. The molecule has 0 aliphatic heterocycles. The molecule has 1 saturated carbocycles. The molecule has 3 rings (SSSR count). The number of hydrogen-bond acceptors (Lipinski definition) is 6. The molecule has 1 heterocycles. The van der Waals surface area contributed by atoms with Gasteiger partial charge in [-0.1, -0.05) is 49.6 Å². The average molecular weight is 412 g/mol. The highest BCUT2D eigenvalue weighted by molar-refractivity contribution is 7.17. The number of nitrogens with zero attached hydrogens (tertiary/aromatic N) is 3. The van der Waals surface area contributed by atoms with Crippen molar-refractivity contribution >= 4 is 23.2 Å². The largest absolute Gasteiger partial charge is 0.448 e. The van der Waals surface area contributed by atoms with Crippen LogP contribution in [0.15, 0.2) is 30.3 Å². The van der Waals surface area contributed by atoms with E-state index in [1.807, 2.05) is 30.3 Å². The summed E-state index contributed by atoms with van der Waals surface area (Å²) in [5.74, 6) is -0.918. The number of aromatic nitrogens is 1. The summed E-state index contributed by atoms with van der Waals surface area (Å²) in [5, 5.41) is 10.4. The number of thiazole rings is 1. The van der Waals surface area contributed by atoms with Crippen molar-refractivity contribution in [3.8, 4) is 16.6 Å². The number of nitriles is 1. The molecule has 0 radical (unpaired) electrons. The predicted octanol–water partition coefficient (Wildman–Crippen LogP) is 4.35. The second kappa shape index (κ2) is 8.75. The summed E-state index contributed by atoms with van der Waals surface area (Å²) in [6.07, 6.45) is 3.25. The van der Waals surface area contributed by atoms with E-state index in [-0.39, 0.29) is 5.91 Å². The van der Waals surface area contributed by atoms with Crippen LogP contribution in [0.25, 0.3) is 10.6 Å². The molecule has 1 fully saturated rings. The van der Waals surface area contributed by atoms with Crippen molar-refractivity contribution in [3.63, 3.8) is 0 Å². The molecule has 6 nitrogen and oxygen atoms in total. The summed E-state index contributed by atoms with van der Waals surface area (Å²) < 4.78 is 5.46. The third-order valence-corrected chi connectivity index (χ3v) is 6.68. The zero-order valence-electron chi connectivity index (χ0n) is 17.0. The van der Waals surface area contributed by atoms with E-state index in [2.05, 4.69) is 11.1 Å². The van der Waals surface area contributed by atoms with Crippen molar-refractivity contribution in [3.05, 3.63) is 40.9 Å².